The summed E-state index contributed by atoms with van der Waals surface area (Å²) in [7, 11) is -2.16. The quantitative estimate of drug-likeness (QED) is 0.648. The summed E-state index contributed by atoms with van der Waals surface area (Å²) in [5, 5.41) is 15.3. The maximum atomic E-state index is 12.7. The topological polar surface area (TPSA) is 107 Å². The molecule has 1 aliphatic carbocycles. The number of nitrogens with one attached hydrogen (secondary N) is 1. The van der Waals surface area contributed by atoms with Gasteiger partial charge >= 0.3 is 0 Å². The van der Waals surface area contributed by atoms with Crippen molar-refractivity contribution < 1.29 is 13.3 Å². The SMILES string of the molecule is Cc1c([N+](=O)[O-])cccc1S(=O)(=O)Nc1cc(C2CCCC2)n(C)n1. The number of nitro benzene ring substituents is 1. The van der Waals surface area contributed by atoms with Gasteiger partial charge < -0.3 is 0 Å². The normalized spacial score (nSPS) is 15.4. The second-order valence-electron chi connectivity index (χ2n) is 6.32. The summed E-state index contributed by atoms with van der Waals surface area (Å²) in [6, 6.07) is 5.75. The van der Waals surface area contributed by atoms with Gasteiger partial charge in [-0.2, -0.15) is 5.10 Å². The van der Waals surface area contributed by atoms with E-state index in [1.807, 2.05) is 0 Å². The third-order valence-electron chi connectivity index (χ3n) is 4.67. The van der Waals surface area contributed by atoms with E-state index in [0.29, 0.717) is 5.92 Å². The number of rotatable bonds is 5. The lowest BCUT2D eigenvalue weighted by molar-refractivity contribution is -0.385. The van der Waals surface area contributed by atoms with Crippen LogP contribution in [0, 0.1) is 17.0 Å². The molecule has 1 aromatic heterocycles. The summed E-state index contributed by atoms with van der Waals surface area (Å²) in [5.74, 6) is 0.630. The van der Waals surface area contributed by atoms with Crippen LogP contribution in [0.3, 0.4) is 0 Å². The Balaban J connectivity index is 1.91. The Morgan fingerprint density at radius 1 is 1.32 bits per heavy atom. The number of anilines is 1. The zero-order chi connectivity index (χ0) is 18.2. The molecule has 8 nitrogen and oxygen atoms in total. The maximum absolute atomic E-state index is 12.7. The highest BCUT2D eigenvalue weighted by atomic mass is 32.2. The molecule has 0 spiro atoms. The van der Waals surface area contributed by atoms with Gasteiger partial charge in [-0.15, -0.1) is 0 Å². The highest BCUT2D eigenvalue weighted by Crippen LogP contribution is 2.35. The Kier molecular flexibility index (Phi) is 4.51. The van der Waals surface area contributed by atoms with Crippen molar-refractivity contribution in [3.8, 4) is 0 Å². The van der Waals surface area contributed by atoms with Gasteiger partial charge in [-0.1, -0.05) is 18.9 Å². The number of nitro groups is 1. The number of sulfonamides is 1. The third-order valence-corrected chi connectivity index (χ3v) is 6.17. The fraction of sp³-hybridized carbons (Fsp3) is 0.438. The van der Waals surface area contributed by atoms with Gasteiger partial charge in [0.2, 0.25) is 0 Å². The second-order valence-corrected chi connectivity index (χ2v) is 7.97. The van der Waals surface area contributed by atoms with E-state index in [1.54, 1.807) is 17.8 Å². The van der Waals surface area contributed by atoms with Crippen LogP contribution in [0.5, 0.6) is 0 Å². The molecule has 25 heavy (non-hydrogen) atoms. The minimum Gasteiger partial charge on any atom is -0.270 e. The maximum Gasteiger partial charge on any atom is 0.273 e. The number of aromatic nitrogens is 2. The fourth-order valence-corrected chi connectivity index (χ4v) is 4.67. The third kappa shape index (κ3) is 3.37. The standard InChI is InChI=1S/C16H20N4O4S/c1-11-13(20(21)22)8-5-9-15(11)25(23,24)18-16-10-14(19(2)17-16)12-6-3-4-7-12/h5,8-10,12H,3-4,6-7H2,1-2H3,(H,17,18). The minimum absolute atomic E-state index is 0.104. The Hall–Kier alpha value is -2.42. The van der Waals surface area contributed by atoms with Crippen molar-refractivity contribution in [3.05, 3.63) is 45.6 Å². The van der Waals surface area contributed by atoms with Gasteiger partial charge in [-0.3, -0.25) is 19.5 Å². The Morgan fingerprint density at radius 2 is 2.00 bits per heavy atom. The van der Waals surface area contributed by atoms with E-state index in [0.717, 1.165) is 18.5 Å². The van der Waals surface area contributed by atoms with Crippen LogP contribution in [0.1, 0.15) is 42.9 Å². The van der Waals surface area contributed by atoms with E-state index in [4.69, 9.17) is 0 Å². The molecule has 0 unspecified atom stereocenters. The summed E-state index contributed by atoms with van der Waals surface area (Å²) in [5.41, 5.74) is 0.883. The predicted molar refractivity (Wildman–Crippen MR) is 93.1 cm³/mol. The number of hydrogen-bond acceptors (Lipinski definition) is 5. The summed E-state index contributed by atoms with van der Waals surface area (Å²) in [6.45, 7) is 1.43. The fourth-order valence-electron chi connectivity index (χ4n) is 3.42. The van der Waals surface area contributed by atoms with Crippen molar-refractivity contribution in [2.75, 3.05) is 4.72 Å². The molecule has 2 aromatic rings. The molecule has 1 saturated carbocycles. The average molecular weight is 364 g/mol. The largest absolute Gasteiger partial charge is 0.273 e. The van der Waals surface area contributed by atoms with Crippen molar-refractivity contribution in [3.63, 3.8) is 0 Å². The van der Waals surface area contributed by atoms with Crippen LogP contribution in [0.15, 0.2) is 29.2 Å². The van der Waals surface area contributed by atoms with Gasteiger partial charge in [0, 0.05) is 36.4 Å². The molecule has 0 atom stereocenters. The van der Waals surface area contributed by atoms with E-state index in [9.17, 15) is 18.5 Å². The number of benzene rings is 1. The lowest BCUT2D eigenvalue weighted by atomic mass is 10.0. The van der Waals surface area contributed by atoms with Crippen LogP contribution in [-0.2, 0) is 17.1 Å². The van der Waals surface area contributed by atoms with Gasteiger partial charge in [-0.05, 0) is 25.8 Å². The molecule has 1 N–H and O–H groups in total. The van der Waals surface area contributed by atoms with E-state index < -0.39 is 14.9 Å². The van der Waals surface area contributed by atoms with Gasteiger partial charge in [0.25, 0.3) is 15.7 Å². The molecule has 0 radical (unpaired) electrons. The van der Waals surface area contributed by atoms with E-state index in [1.165, 1.54) is 38.0 Å². The van der Waals surface area contributed by atoms with Crippen molar-refractivity contribution in [2.24, 2.45) is 7.05 Å². The highest BCUT2D eigenvalue weighted by molar-refractivity contribution is 7.92. The zero-order valence-electron chi connectivity index (χ0n) is 14.1. The molecule has 0 bridgehead atoms. The Morgan fingerprint density at radius 3 is 2.64 bits per heavy atom. The second kappa shape index (κ2) is 6.47. The molecular formula is C16H20N4O4S. The lowest BCUT2D eigenvalue weighted by Crippen LogP contribution is -2.15. The molecule has 1 aliphatic rings. The van der Waals surface area contributed by atoms with Gasteiger partial charge in [0.05, 0.1) is 9.82 Å². The van der Waals surface area contributed by atoms with Crippen LogP contribution < -0.4 is 4.72 Å². The summed E-state index contributed by atoms with van der Waals surface area (Å²) in [6.07, 6.45) is 4.50. The van der Waals surface area contributed by atoms with Crippen molar-refractivity contribution >= 4 is 21.5 Å². The summed E-state index contributed by atoms with van der Waals surface area (Å²) >= 11 is 0. The first-order valence-corrected chi connectivity index (χ1v) is 9.58. The van der Waals surface area contributed by atoms with Crippen LogP contribution in [-0.4, -0.2) is 23.1 Å². The monoisotopic (exact) mass is 364 g/mol. The molecule has 1 fully saturated rings. The molecule has 9 heteroatoms. The minimum atomic E-state index is -3.96. The van der Waals surface area contributed by atoms with Crippen molar-refractivity contribution in [2.45, 2.75) is 43.4 Å². The smallest absolute Gasteiger partial charge is 0.270 e. The van der Waals surface area contributed by atoms with Crippen molar-refractivity contribution in [1.29, 1.82) is 0 Å². The highest BCUT2D eigenvalue weighted by Gasteiger charge is 2.25. The predicted octanol–water partition coefficient (Wildman–Crippen LogP) is 3.10. The van der Waals surface area contributed by atoms with Gasteiger partial charge in [-0.25, -0.2) is 8.42 Å². The molecule has 0 aliphatic heterocycles. The summed E-state index contributed by atoms with van der Waals surface area (Å²) in [4.78, 5) is 10.3. The van der Waals surface area contributed by atoms with Crippen LogP contribution in [0.2, 0.25) is 0 Å². The first-order chi connectivity index (χ1) is 11.8. The number of nitrogens with zero attached hydrogens (tertiary/aromatic N) is 3. The Bertz CT molecular complexity index is 914. The molecule has 1 aromatic carbocycles. The average Bonchev–Trinajstić information content (AvgIpc) is 3.16. The van der Waals surface area contributed by atoms with E-state index in [-0.39, 0.29) is 22.0 Å². The number of aryl methyl sites for hydroxylation is 1. The number of hydrogen-bond donors (Lipinski definition) is 1. The first kappa shape index (κ1) is 17.4. The van der Waals surface area contributed by atoms with Crippen LogP contribution in [0.4, 0.5) is 11.5 Å². The van der Waals surface area contributed by atoms with Gasteiger partial charge in [0.1, 0.15) is 0 Å². The molecule has 0 amide bonds. The molecular weight excluding hydrogens is 344 g/mol. The van der Waals surface area contributed by atoms with Crippen LogP contribution in [0.25, 0.3) is 0 Å². The molecule has 134 valence electrons. The van der Waals surface area contributed by atoms with E-state index >= 15 is 0 Å². The van der Waals surface area contributed by atoms with Crippen LogP contribution >= 0.6 is 0 Å². The molecule has 1 heterocycles. The zero-order valence-corrected chi connectivity index (χ0v) is 14.9. The first-order valence-electron chi connectivity index (χ1n) is 8.10. The summed E-state index contributed by atoms with van der Waals surface area (Å²) < 4.78 is 29.5. The molecule has 3 rings (SSSR count). The van der Waals surface area contributed by atoms with Crippen molar-refractivity contribution in [1.82, 2.24) is 9.78 Å². The lowest BCUT2D eigenvalue weighted by Gasteiger charge is -2.08. The van der Waals surface area contributed by atoms with Gasteiger partial charge in [0.15, 0.2) is 5.82 Å². The molecule has 0 saturated heterocycles. The Labute approximate surface area is 146 Å². The van der Waals surface area contributed by atoms with E-state index in [2.05, 4.69) is 9.82 Å².